The summed E-state index contributed by atoms with van der Waals surface area (Å²) in [5.41, 5.74) is 2.84. The number of rotatable bonds is 0. The molecule has 0 aromatic heterocycles. The van der Waals surface area contributed by atoms with Gasteiger partial charge < -0.3 is 0 Å². The third-order valence-corrected chi connectivity index (χ3v) is 4.50. The summed E-state index contributed by atoms with van der Waals surface area (Å²) in [6.45, 7) is 0. The maximum absolute atomic E-state index is 4.80. The normalized spacial score (nSPS) is 23.3. The first-order valence-electron chi connectivity index (χ1n) is 6.97. The molecule has 0 radical (unpaired) electrons. The molecule has 1 aromatic rings. The summed E-state index contributed by atoms with van der Waals surface area (Å²) in [6, 6.07) is 8.46. The van der Waals surface area contributed by atoms with Crippen molar-refractivity contribution in [1.82, 2.24) is 0 Å². The first-order chi connectivity index (χ1) is 8.86. The lowest BCUT2D eigenvalue weighted by Crippen LogP contribution is -2.23. The summed E-state index contributed by atoms with van der Waals surface area (Å²) in [5.74, 6) is 0. The molecular formula is C17H17N. The fraction of sp³-hybridized carbons (Fsp3) is 0.353. The maximum atomic E-state index is 4.80. The second-order valence-corrected chi connectivity index (χ2v) is 5.70. The van der Waals surface area contributed by atoms with E-state index in [9.17, 15) is 0 Å². The van der Waals surface area contributed by atoms with Gasteiger partial charge in [-0.05, 0) is 25.0 Å². The highest BCUT2D eigenvalue weighted by Gasteiger charge is 2.31. The van der Waals surface area contributed by atoms with Gasteiger partial charge in [-0.1, -0.05) is 49.6 Å². The van der Waals surface area contributed by atoms with Crippen LogP contribution in [0.4, 0.5) is 0 Å². The summed E-state index contributed by atoms with van der Waals surface area (Å²) in [4.78, 5) is 4.80. The predicted molar refractivity (Wildman–Crippen MR) is 73.4 cm³/mol. The first kappa shape index (κ1) is 10.3. The molecule has 1 nitrogen and oxygen atoms in total. The first-order valence-corrected chi connectivity index (χ1v) is 6.97. The van der Waals surface area contributed by atoms with Crippen LogP contribution >= 0.6 is 0 Å². The van der Waals surface area contributed by atoms with Crippen LogP contribution in [0.2, 0.25) is 0 Å². The van der Waals surface area contributed by atoms with Gasteiger partial charge in [0.2, 0.25) is 0 Å². The van der Waals surface area contributed by atoms with Crippen molar-refractivity contribution in [3.8, 4) is 0 Å². The van der Waals surface area contributed by atoms with E-state index in [2.05, 4.69) is 42.5 Å². The molecule has 0 N–H and O–H groups in total. The molecule has 1 aliphatic heterocycles. The van der Waals surface area contributed by atoms with E-state index in [1.807, 2.05) is 0 Å². The van der Waals surface area contributed by atoms with Gasteiger partial charge in [-0.3, -0.25) is 0 Å². The van der Waals surface area contributed by atoms with Crippen LogP contribution in [0.15, 0.2) is 53.2 Å². The Morgan fingerprint density at radius 1 is 1.00 bits per heavy atom. The summed E-state index contributed by atoms with van der Waals surface area (Å²) in [7, 11) is 0. The molecule has 90 valence electrons. The number of benzene rings is 1. The van der Waals surface area contributed by atoms with Crippen molar-refractivity contribution in [2.24, 2.45) is 10.4 Å². The lowest BCUT2D eigenvalue weighted by Gasteiger charge is -2.34. The zero-order valence-corrected chi connectivity index (χ0v) is 10.5. The fourth-order valence-corrected chi connectivity index (χ4v) is 3.50. The van der Waals surface area contributed by atoms with Gasteiger partial charge in [0, 0.05) is 16.2 Å². The third-order valence-electron chi connectivity index (χ3n) is 4.50. The molecule has 3 aliphatic rings. The van der Waals surface area contributed by atoms with Crippen LogP contribution in [0.5, 0.6) is 0 Å². The minimum absolute atomic E-state index is 0.308. The third kappa shape index (κ3) is 1.43. The summed E-state index contributed by atoms with van der Waals surface area (Å²) >= 11 is 0. The molecule has 18 heavy (non-hydrogen) atoms. The summed E-state index contributed by atoms with van der Waals surface area (Å²) in [6.07, 6.45) is 13.9. The molecule has 1 aromatic carbocycles. The molecule has 0 amide bonds. The van der Waals surface area contributed by atoms with E-state index >= 15 is 0 Å². The van der Waals surface area contributed by atoms with Gasteiger partial charge in [0.05, 0.1) is 11.1 Å². The highest BCUT2D eigenvalue weighted by molar-refractivity contribution is 5.76. The Hall–Kier alpha value is -1.63. The standard InChI is InChI=1S/C17H17N/c1-4-9-17(10-5-1)11-8-14-13-6-2-3-7-15(13)18-16(14)12-17/h2-3,6-8,11-12H,1,4-5,9-10H2. The Morgan fingerprint density at radius 2 is 1.83 bits per heavy atom. The van der Waals surface area contributed by atoms with E-state index in [1.54, 1.807) is 0 Å². The number of nitrogens with zero attached hydrogens (tertiary/aromatic N) is 1. The Kier molecular flexibility index (Phi) is 2.11. The largest absolute Gasteiger partial charge is 0.248 e. The topological polar surface area (TPSA) is 12.4 Å². The van der Waals surface area contributed by atoms with E-state index in [0.717, 1.165) is 5.36 Å². The number of fused-ring (bicyclic) bond motifs is 2. The zero-order chi connectivity index (χ0) is 12.0. The second-order valence-electron chi connectivity index (χ2n) is 5.70. The van der Waals surface area contributed by atoms with Gasteiger partial charge >= 0.3 is 0 Å². The van der Waals surface area contributed by atoms with Crippen molar-refractivity contribution in [2.75, 3.05) is 0 Å². The van der Waals surface area contributed by atoms with Crippen LogP contribution in [-0.2, 0) is 0 Å². The molecule has 1 spiro atoms. The average Bonchev–Trinajstić information content (AvgIpc) is 2.76. The molecule has 1 heterocycles. The molecule has 1 saturated carbocycles. The molecule has 1 heteroatoms. The van der Waals surface area contributed by atoms with E-state index in [1.165, 1.54) is 48.6 Å². The van der Waals surface area contributed by atoms with Crippen LogP contribution in [-0.4, -0.2) is 0 Å². The Labute approximate surface area is 107 Å². The molecule has 0 unspecified atom stereocenters. The quantitative estimate of drug-likeness (QED) is 0.655. The summed E-state index contributed by atoms with van der Waals surface area (Å²) in [5, 5.41) is 2.43. The zero-order valence-electron chi connectivity index (χ0n) is 10.5. The summed E-state index contributed by atoms with van der Waals surface area (Å²) < 4.78 is 0. The van der Waals surface area contributed by atoms with Crippen molar-refractivity contribution < 1.29 is 0 Å². The minimum Gasteiger partial charge on any atom is -0.248 e. The lowest BCUT2D eigenvalue weighted by atomic mass is 9.71. The Morgan fingerprint density at radius 3 is 2.72 bits per heavy atom. The van der Waals surface area contributed by atoms with E-state index < -0.39 is 0 Å². The van der Waals surface area contributed by atoms with Crippen LogP contribution in [0.1, 0.15) is 32.1 Å². The predicted octanol–water partition coefficient (Wildman–Crippen LogP) is 2.87. The van der Waals surface area contributed by atoms with Crippen LogP contribution in [0.3, 0.4) is 0 Å². The van der Waals surface area contributed by atoms with Gasteiger partial charge in [0.25, 0.3) is 0 Å². The highest BCUT2D eigenvalue weighted by Crippen LogP contribution is 2.43. The number of hydrogen-bond donors (Lipinski definition) is 0. The Balaban J connectivity index is 1.88. The van der Waals surface area contributed by atoms with Crippen molar-refractivity contribution in [3.05, 3.63) is 58.8 Å². The molecule has 0 bridgehead atoms. The average molecular weight is 235 g/mol. The van der Waals surface area contributed by atoms with E-state index in [-0.39, 0.29) is 0 Å². The van der Waals surface area contributed by atoms with Crippen LogP contribution in [0, 0.1) is 5.41 Å². The van der Waals surface area contributed by atoms with E-state index in [4.69, 9.17) is 4.99 Å². The number of para-hydroxylation sites is 1. The monoisotopic (exact) mass is 235 g/mol. The smallest absolute Gasteiger partial charge is 0.0716 e. The van der Waals surface area contributed by atoms with Gasteiger partial charge in [-0.25, -0.2) is 4.99 Å². The van der Waals surface area contributed by atoms with Crippen molar-refractivity contribution in [3.63, 3.8) is 0 Å². The van der Waals surface area contributed by atoms with Crippen LogP contribution < -0.4 is 10.6 Å². The van der Waals surface area contributed by atoms with Gasteiger partial charge in [-0.2, -0.15) is 0 Å². The molecule has 4 rings (SSSR count). The van der Waals surface area contributed by atoms with Gasteiger partial charge in [-0.15, -0.1) is 0 Å². The second kappa shape index (κ2) is 3.68. The number of hydrogen-bond acceptors (Lipinski definition) is 1. The lowest BCUT2D eigenvalue weighted by molar-refractivity contribution is 0.324. The minimum atomic E-state index is 0.308. The van der Waals surface area contributed by atoms with Gasteiger partial charge in [0.1, 0.15) is 0 Å². The maximum Gasteiger partial charge on any atom is 0.0716 e. The molecular weight excluding hydrogens is 218 g/mol. The van der Waals surface area contributed by atoms with Crippen molar-refractivity contribution in [2.45, 2.75) is 32.1 Å². The SMILES string of the molecule is C1=CC2(C=C3N=c4ccccc4=C13)CCCCC2. The van der Waals surface area contributed by atoms with E-state index in [0.29, 0.717) is 5.41 Å². The molecule has 1 fully saturated rings. The van der Waals surface area contributed by atoms with Crippen molar-refractivity contribution in [1.29, 1.82) is 0 Å². The molecule has 0 atom stereocenters. The van der Waals surface area contributed by atoms with Crippen LogP contribution in [0.25, 0.3) is 5.57 Å². The van der Waals surface area contributed by atoms with Crippen molar-refractivity contribution >= 4 is 5.57 Å². The van der Waals surface area contributed by atoms with Gasteiger partial charge in [0.15, 0.2) is 0 Å². The Bertz CT molecular complexity index is 670. The molecule has 0 saturated heterocycles. The fourth-order valence-electron chi connectivity index (χ4n) is 3.50. The highest BCUT2D eigenvalue weighted by atomic mass is 14.8. The number of allylic oxidation sites excluding steroid dienone is 3. The molecule has 2 aliphatic carbocycles.